The lowest BCUT2D eigenvalue weighted by molar-refractivity contribution is -0.114. The molecule has 2 aromatic carbocycles. The van der Waals surface area contributed by atoms with Gasteiger partial charge in [-0.2, -0.15) is 4.68 Å². The molecule has 0 aliphatic carbocycles. The van der Waals surface area contributed by atoms with E-state index in [0.29, 0.717) is 17.2 Å². The van der Waals surface area contributed by atoms with E-state index in [-0.39, 0.29) is 5.91 Å². The van der Waals surface area contributed by atoms with Gasteiger partial charge < -0.3 is 11.1 Å². The fourth-order valence-electron chi connectivity index (χ4n) is 2.20. The molecule has 0 aliphatic heterocycles. The molecule has 0 spiro atoms. The summed E-state index contributed by atoms with van der Waals surface area (Å²) in [7, 11) is 0. The molecule has 0 aliphatic rings. The van der Waals surface area contributed by atoms with Crippen molar-refractivity contribution in [2.75, 3.05) is 11.1 Å². The zero-order valence-corrected chi connectivity index (χ0v) is 12.0. The van der Waals surface area contributed by atoms with Gasteiger partial charge in [-0.05, 0) is 24.3 Å². The molecule has 0 unspecified atom stereocenters. The van der Waals surface area contributed by atoms with Gasteiger partial charge in [0.05, 0.1) is 5.69 Å². The molecule has 6 heteroatoms. The van der Waals surface area contributed by atoms with Crippen molar-refractivity contribution < 1.29 is 4.79 Å². The van der Waals surface area contributed by atoms with Crippen LogP contribution < -0.4 is 11.1 Å². The Morgan fingerprint density at radius 1 is 1.14 bits per heavy atom. The summed E-state index contributed by atoms with van der Waals surface area (Å²) in [5.41, 5.74) is 9.08. The Kier molecular flexibility index (Phi) is 3.57. The van der Waals surface area contributed by atoms with Gasteiger partial charge >= 0.3 is 0 Å². The normalized spacial score (nSPS) is 10.4. The molecule has 6 nitrogen and oxygen atoms in total. The van der Waals surface area contributed by atoms with E-state index in [1.54, 1.807) is 4.68 Å². The fourth-order valence-corrected chi connectivity index (χ4v) is 2.20. The highest BCUT2D eigenvalue weighted by Crippen LogP contribution is 2.27. The van der Waals surface area contributed by atoms with Gasteiger partial charge in [0, 0.05) is 18.2 Å². The van der Waals surface area contributed by atoms with Crippen LogP contribution in [-0.2, 0) is 4.79 Å². The third-order valence-corrected chi connectivity index (χ3v) is 3.16. The Balaban J connectivity index is 2.00. The van der Waals surface area contributed by atoms with Gasteiger partial charge in [0.15, 0.2) is 5.82 Å². The number of hydrogen-bond donors (Lipinski definition) is 2. The highest BCUT2D eigenvalue weighted by Gasteiger charge is 2.13. The number of para-hydroxylation sites is 1. The van der Waals surface area contributed by atoms with Gasteiger partial charge in [-0.25, -0.2) is 0 Å². The Bertz CT molecular complexity index is 810. The summed E-state index contributed by atoms with van der Waals surface area (Å²) in [6.45, 7) is 1.46. The Morgan fingerprint density at radius 3 is 2.64 bits per heavy atom. The summed E-state index contributed by atoms with van der Waals surface area (Å²) in [6.07, 6.45) is 0. The molecule has 0 saturated heterocycles. The summed E-state index contributed by atoms with van der Waals surface area (Å²) in [5, 5.41) is 11.0. The SMILES string of the molecule is CC(=O)Nc1cccc(-c2nnn(-c3ccccc3)c2N)c1. The molecule has 3 aromatic rings. The van der Waals surface area contributed by atoms with Crippen molar-refractivity contribution >= 4 is 17.4 Å². The number of anilines is 2. The van der Waals surface area contributed by atoms with Crippen molar-refractivity contribution in [3.8, 4) is 16.9 Å². The number of nitrogens with zero attached hydrogens (tertiary/aromatic N) is 3. The minimum absolute atomic E-state index is 0.127. The molecule has 3 rings (SSSR count). The molecule has 1 heterocycles. The third-order valence-electron chi connectivity index (χ3n) is 3.16. The second-order valence-electron chi connectivity index (χ2n) is 4.83. The van der Waals surface area contributed by atoms with Crippen molar-refractivity contribution in [3.05, 3.63) is 54.6 Å². The molecular weight excluding hydrogens is 278 g/mol. The number of carbonyl (C=O) groups excluding carboxylic acids is 1. The standard InChI is InChI=1S/C16H15N5O/c1-11(22)18-13-7-5-6-12(10-13)15-16(17)21(20-19-15)14-8-3-2-4-9-14/h2-10H,17H2,1H3,(H,18,22). The minimum atomic E-state index is -0.127. The fraction of sp³-hybridized carbons (Fsp3) is 0.0625. The molecule has 1 aromatic heterocycles. The van der Waals surface area contributed by atoms with Crippen LogP contribution in [-0.4, -0.2) is 20.9 Å². The topological polar surface area (TPSA) is 85.8 Å². The second kappa shape index (κ2) is 5.69. The molecule has 0 radical (unpaired) electrons. The molecule has 3 N–H and O–H groups in total. The molecule has 22 heavy (non-hydrogen) atoms. The van der Waals surface area contributed by atoms with Gasteiger partial charge in [-0.1, -0.05) is 35.5 Å². The number of amides is 1. The van der Waals surface area contributed by atoms with Crippen LogP contribution in [0.3, 0.4) is 0 Å². The summed E-state index contributed by atoms with van der Waals surface area (Å²) in [5.74, 6) is 0.323. The first-order valence-electron chi connectivity index (χ1n) is 6.80. The lowest BCUT2D eigenvalue weighted by Gasteiger charge is -2.05. The lowest BCUT2D eigenvalue weighted by Crippen LogP contribution is -2.05. The average Bonchev–Trinajstić information content (AvgIpc) is 2.89. The van der Waals surface area contributed by atoms with E-state index in [2.05, 4.69) is 15.6 Å². The quantitative estimate of drug-likeness (QED) is 0.776. The first kappa shape index (κ1) is 13.8. The van der Waals surface area contributed by atoms with Crippen LogP contribution in [0.1, 0.15) is 6.92 Å². The summed E-state index contributed by atoms with van der Waals surface area (Å²) >= 11 is 0. The van der Waals surface area contributed by atoms with Crippen LogP contribution in [0.5, 0.6) is 0 Å². The first-order chi connectivity index (χ1) is 10.6. The number of benzene rings is 2. The predicted octanol–water partition coefficient (Wildman–Crippen LogP) is 2.47. The van der Waals surface area contributed by atoms with Crippen LogP contribution in [0.15, 0.2) is 54.6 Å². The van der Waals surface area contributed by atoms with E-state index in [4.69, 9.17) is 5.73 Å². The molecule has 110 valence electrons. The molecular formula is C16H15N5O. The van der Waals surface area contributed by atoms with Crippen LogP contribution >= 0.6 is 0 Å². The van der Waals surface area contributed by atoms with Crippen molar-refractivity contribution in [1.82, 2.24) is 15.0 Å². The van der Waals surface area contributed by atoms with Crippen LogP contribution in [0.25, 0.3) is 16.9 Å². The number of carbonyl (C=O) groups is 1. The van der Waals surface area contributed by atoms with Crippen molar-refractivity contribution in [2.24, 2.45) is 0 Å². The first-order valence-corrected chi connectivity index (χ1v) is 6.80. The number of aromatic nitrogens is 3. The van der Waals surface area contributed by atoms with Crippen molar-refractivity contribution in [2.45, 2.75) is 6.92 Å². The Morgan fingerprint density at radius 2 is 1.91 bits per heavy atom. The van der Waals surface area contributed by atoms with Gasteiger partial charge in [0.1, 0.15) is 5.69 Å². The number of nitrogens with two attached hydrogens (primary N) is 1. The molecule has 1 amide bonds. The monoisotopic (exact) mass is 293 g/mol. The third kappa shape index (κ3) is 2.67. The summed E-state index contributed by atoms with van der Waals surface area (Å²) < 4.78 is 1.58. The Labute approximate surface area is 127 Å². The minimum Gasteiger partial charge on any atom is -0.382 e. The van der Waals surface area contributed by atoms with Crippen LogP contribution in [0.4, 0.5) is 11.5 Å². The average molecular weight is 293 g/mol. The van der Waals surface area contributed by atoms with E-state index in [9.17, 15) is 4.79 Å². The summed E-state index contributed by atoms with van der Waals surface area (Å²) in [4.78, 5) is 11.1. The number of nitrogen functional groups attached to an aromatic ring is 1. The summed E-state index contributed by atoms with van der Waals surface area (Å²) in [6, 6.07) is 16.9. The van der Waals surface area contributed by atoms with Crippen molar-refractivity contribution in [3.63, 3.8) is 0 Å². The Hall–Kier alpha value is -3.15. The van der Waals surface area contributed by atoms with E-state index >= 15 is 0 Å². The van der Waals surface area contributed by atoms with Crippen molar-refractivity contribution in [1.29, 1.82) is 0 Å². The van der Waals surface area contributed by atoms with Crippen LogP contribution in [0, 0.1) is 0 Å². The maximum Gasteiger partial charge on any atom is 0.221 e. The number of rotatable bonds is 3. The van der Waals surface area contributed by atoms with Gasteiger partial charge in [0.25, 0.3) is 0 Å². The highest BCUT2D eigenvalue weighted by atomic mass is 16.1. The maximum absolute atomic E-state index is 11.1. The molecule has 0 bridgehead atoms. The van der Waals surface area contributed by atoms with Gasteiger partial charge in [-0.3, -0.25) is 4.79 Å². The zero-order valence-electron chi connectivity index (χ0n) is 12.0. The largest absolute Gasteiger partial charge is 0.382 e. The molecule has 0 atom stereocenters. The number of hydrogen-bond acceptors (Lipinski definition) is 4. The highest BCUT2D eigenvalue weighted by molar-refractivity contribution is 5.89. The molecule has 0 fully saturated rings. The van der Waals surface area contributed by atoms with E-state index in [0.717, 1.165) is 11.3 Å². The number of nitrogens with one attached hydrogen (secondary N) is 1. The van der Waals surface area contributed by atoms with Gasteiger partial charge in [-0.15, -0.1) is 5.10 Å². The van der Waals surface area contributed by atoms with Gasteiger partial charge in [0.2, 0.25) is 5.91 Å². The van der Waals surface area contributed by atoms with E-state index < -0.39 is 0 Å². The van der Waals surface area contributed by atoms with Crippen LogP contribution in [0.2, 0.25) is 0 Å². The zero-order chi connectivity index (χ0) is 15.5. The molecule has 0 saturated carbocycles. The maximum atomic E-state index is 11.1. The van der Waals surface area contributed by atoms with E-state index in [1.165, 1.54) is 6.92 Å². The predicted molar refractivity (Wildman–Crippen MR) is 85.5 cm³/mol. The van der Waals surface area contributed by atoms with E-state index in [1.807, 2.05) is 54.6 Å². The smallest absolute Gasteiger partial charge is 0.221 e. The lowest BCUT2D eigenvalue weighted by atomic mass is 10.1. The second-order valence-corrected chi connectivity index (χ2v) is 4.83.